The number of methoxy groups -OCH3 is 2. The molecule has 1 saturated heterocycles. The van der Waals surface area contributed by atoms with E-state index in [1.54, 1.807) is 27.2 Å². The summed E-state index contributed by atoms with van der Waals surface area (Å²) in [6.45, 7) is 2.75. The molecule has 0 radical (unpaired) electrons. The molecule has 5 rings (SSSR count). The second-order valence-corrected chi connectivity index (χ2v) is 13.5. The second-order valence-electron chi connectivity index (χ2n) is 10.5. The molecule has 2 heterocycles. The van der Waals surface area contributed by atoms with E-state index in [4.69, 9.17) is 14.2 Å². The average molecular weight is 638 g/mol. The van der Waals surface area contributed by atoms with Crippen LogP contribution >= 0.6 is 11.3 Å². The average Bonchev–Trinajstić information content (AvgIpc) is 3.60. The number of amides is 1. The van der Waals surface area contributed by atoms with Crippen LogP contribution in [0.15, 0.2) is 83.1 Å². The van der Waals surface area contributed by atoms with Crippen LogP contribution in [0, 0.1) is 6.92 Å². The number of benzene rings is 3. The van der Waals surface area contributed by atoms with Gasteiger partial charge in [-0.1, -0.05) is 84.1 Å². The minimum atomic E-state index is -4.10. The summed E-state index contributed by atoms with van der Waals surface area (Å²) in [7, 11) is -0.966. The highest BCUT2D eigenvalue weighted by molar-refractivity contribution is 7.91. The Morgan fingerprint density at radius 3 is 2.23 bits per heavy atom. The van der Waals surface area contributed by atoms with Crippen molar-refractivity contribution in [1.82, 2.24) is 9.29 Å². The van der Waals surface area contributed by atoms with E-state index in [1.807, 2.05) is 72.8 Å². The van der Waals surface area contributed by atoms with Gasteiger partial charge in [0, 0.05) is 19.0 Å². The molecule has 10 nitrogen and oxygen atoms in total. The molecular formula is C32H35N3O7S2. The lowest BCUT2D eigenvalue weighted by molar-refractivity contribution is -0.114. The van der Waals surface area contributed by atoms with E-state index in [0.717, 1.165) is 22.5 Å². The number of para-hydroxylation sites is 1. The van der Waals surface area contributed by atoms with Gasteiger partial charge >= 0.3 is 0 Å². The van der Waals surface area contributed by atoms with E-state index in [-0.39, 0.29) is 40.5 Å². The van der Waals surface area contributed by atoms with E-state index in [1.165, 1.54) is 11.2 Å². The molecule has 0 spiro atoms. The number of β-amino-alcohol motifs (C(OH)–C–C–N with tert-alkyl or cyclic N) is 1. The van der Waals surface area contributed by atoms with E-state index in [9.17, 15) is 18.3 Å². The van der Waals surface area contributed by atoms with Crippen molar-refractivity contribution in [3.63, 3.8) is 0 Å². The number of nitrogens with one attached hydrogen (secondary N) is 1. The highest BCUT2D eigenvalue weighted by Crippen LogP contribution is 2.48. The molecule has 12 heteroatoms. The maximum Gasteiger partial charge on any atom is 0.254 e. The van der Waals surface area contributed by atoms with Gasteiger partial charge in [-0.05, 0) is 30.5 Å². The van der Waals surface area contributed by atoms with Gasteiger partial charge in [-0.15, -0.1) is 0 Å². The van der Waals surface area contributed by atoms with Crippen LogP contribution in [-0.4, -0.2) is 68.2 Å². The van der Waals surface area contributed by atoms with Gasteiger partial charge in [-0.3, -0.25) is 4.79 Å². The van der Waals surface area contributed by atoms with Gasteiger partial charge in [-0.25, -0.2) is 13.4 Å². The van der Waals surface area contributed by atoms with Gasteiger partial charge in [-0.2, -0.15) is 4.31 Å². The first kappa shape index (κ1) is 31.6. The van der Waals surface area contributed by atoms with E-state index in [0.29, 0.717) is 17.1 Å². The highest BCUT2D eigenvalue weighted by atomic mass is 32.2. The van der Waals surface area contributed by atoms with Crippen molar-refractivity contribution in [1.29, 1.82) is 0 Å². The number of thiazole rings is 1. The Morgan fingerprint density at radius 2 is 1.66 bits per heavy atom. The first-order chi connectivity index (χ1) is 21.1. The van der Waals surface area contributed by atoms with Crippen molar-refractivity contribution in [2.24, 2.45) is 0 Å². The van der Waals surface area contributed by atoms with Crippen LogP contribution in [0.2, 0.25) is 0 Å². The summed E-state index contributed by atoms with van der Waals surface area (Å²) in [6.07, 6.45) is -0.722. The van der Waals surface area contributed by atoms with Crippen LogP contribution < -0.4 is 14.8 Å². The maximum absolute atomic E-state index is 14.0. The zero-order valence-electron chi connectivity index (χ0n) is 24.9. The predicted octanol–water partition coefficient (Wildman–Crippen LogP) is 4.56. The summed E-state index contributed by atoms with van der Waals surface area (Å²) in [4.78, 5) is 15.8. The Balaban J connectivity index is 1.61. The first-order valence-corrected chi connectivity index (χ1v) is 16.3. The number of carbonyl (C=O) groups excluding carboxylic acids is 1. The topological polar surface area (TPSA) is 127 Å². The minimum absolute atomic E-state index is 0.00666. The molecule has 0 saturated carbocycles. The molecule has 2 unspecified atom stereocenters. The molecular weight excluding hydrogens is 603 g/mol. The van der Waals surface area contributed by atoms with Gasteiger partial charge in [0.1, 0.15) is 5.60 Å². The fourth-order valence-corrected chi connectivity index (χ4v) is 8.93. The number of hydrogen-bond donors (Lipinski definition) is 2. The molecule has 1 aliphatic heterocycles. The zero-order valence-corrected chi connectivity index (χ0v) is 26.5. The van der Waals surface area contributed by atoms with Crippen molar-refractivity contribution in [2.75, 3.05) is 32.7 Å². The first-order valence-electron chi connectivity index (χ1n) is 14.0. The smallest absolute Gasteiger partial charge is 0.254 e. The largest absolute Gasteiger partial charge is 0.493 e. The molecule has 1 amide bonds. The Labute approximate surface area is 261 Å². The molecule has 4 aromatic rings. The number of carbonyl (C=O) groups is 1. The number of aliphatic hydroxyl groups is 1. The number of rotatable bonds is 11. The molecule has 44 heavy (non-hydrogen) atoms. The quantitative estimate of drug-likeness (QED) is 0.229. The second kappa shape index (κ2) is 13.0. The van der Waals surface area contributed by atoms with Gasteiger partial charge in [0.05, 0.1) is 38.7 Å². The Kier molecular flexibility index (Phi) is 9.37. The van der Waals surface area contributed by atoms with Crippen LogP contribution in [0.4, 0.5) is 5.13 Å². The van der Waals surface area contributed by atoms with Gasteiger partial charge in [0.25, 0.3) is 10.0 Å². The fraction of sp³-hybridized carbons (Fsp3) is 0.312. The predicted molar refractivity (Wildman–Crippen MR) is 168 cm³/mol. The lowest BCUT2D eigenvalue weighted by atomic mass is 9.79. The number of aromatic nitrogens is 1. The van der Waals surface area contributed by atoms with Gasteiger partial charge in [0.2, 0.25) is 5.91 Å². The van der Waals surface area contributed by atoms with E-state index < -0.39 is 27.8 Å². The van der Waals surface area contributed by atoms with Gasteiger partial charge in [0.15, 0.2) is 20.8 Å². The third kappa shape index (κ3) is 5.95. The summed E-state index contributed by atoms with van der Waals surface area (Å²) in [5.41, 5.74) is 1.28. The summed E-state index contributed by atoms with van der Waals surface area (Å²) in [5.74, 6) is 0.641. The van der Waals surface area contributed by atoms with E-state index >= 15 is 0 Å². The summed E-state index contributed by atoms with van der Waals surface area (Å²) in [5, 5.41) is 13.5. The van der Waals surface area contributed by atoms with Crippen LogP contribution in [-0.2, 0) is 25.2 Å². The molecule has 0 bridgehead atoms. The number of hydrogen-bond acceptors (Lipinski definition) is 9. The number of aliphatic hydroxyl groups excluding tert-OH is 1. The van der Waals surface area contributed by atoms with Crippen molar-refractivity contribution in [2.45, 2.75) is 42.2 Å². The fourth-order valence-electron chi connectivity index (χ4n) is 5.69. The van der Waals surface area contributed by atoms with Crippen LogP contribution in [0.25, 0.3) is 0 Å². The third-order valence-electron chi connectivity index (χ3n) is 7.56. The summed E-state index contributed by atoms with van der Waals surface area (Å²) in [6, 6.07) is 24.2. The molecule has 2 N–H and O–H groups in total. The lowest BCUT2D eigenvalue weighted by Crippen LogP contribution is -2.42. The number of aryl methyl sites for hydroxylation is 1. The van der Waals surface area contributed by atoms with Crippen molar-refractivity contribution < 1.29 is 32.5 Å². The monoisotopic (exact) mass is 637 g/mol. The molecule has 1 aliphatic rings. The number of anilines is 1. The van der Waals surface area contributed by atoms with Crippen molar-refractivity contribution in [3.8, 4) is 11.5 Å². The molecule has 1 aromatic heterocycles. The summed E-state index contributed by atoms with van der Waals surface area (Å²) < 4.78 is 47.8. The van der Waals surface area contributed by atoms with E-state index in [2.05, 4.69) is 10.3 Å². The van der Waals surface area contributed by atoms with Crippen LogP contribution in [0.3, 0.4) is 0 Å². The molecule has 3 aromatic carbocycles. The van der Waals surface area contributed by atoms with Gasteiger partial charge < -0.3 is 24.6 Å². The number of nitrogens with zero attached hydrogens (tertiary/aromatic N) is 2. The molecule has 1 fully saturated rings. The van der Waals surface area contributed by atoms with Crippen molar-refractivity contribution in [3.05, 3.63) is 101 Å². The SMILES string of the molecule is COc1cccc(C(OCC2CC(O)CN2S(=O)(=O)c2sc(NC(C)=O)nc2C)(c2ccccc2)c2ccccc2)c1OC. The zero-order chi connectivity index (χ0) is 31.5. The molecule has 2 atom stereocenters. The maximum atomic E-state index is 14.0. The van der Waals surface area contributed by atoms with Crippen molar-refractivity contribution >= 4 is 32.4 Å². The normalized spacial score (nSPS) is 17.4. The number of ether oxygens (including phenoxy) is 3. The standard InChI is InChI=1S/C32H35N3O7S2/c1-21-30(43-31(33-21)34-22(2)36)44(38,39)35-19-26(37)18-25(35)20-42-32(23-12-7-5-8-13-23,24-14-9-6-10-15-24)27-16-11-17-28(40-3)29(27)41-4/h5-17,25-26,37H,18-20H2,1-4H3,(H,33,34,36). The number of sulfonamides is 1. The molecule has 0 aliphatic carbocycles. The third-order valence-corrected chi connectivity index (χ3v) is 11.1. The Hall–Kier alpha value is -3.81. The summed E-state index contributed by atoms with van der Waals surface area (Å²) >= 11 is 0.883. The van der Waals surface area contributed by atoms with Crippen LogP contribution in [0.5, 0.6) is 11.5 Å². The molecule has 232 valence electrons. The Morgan fingerprint density at radius 1 is 1.02 bits per heavy atom. The lowest BCUT2D eigenvalue weighted by Gasteiger charge is -2.38. The minimum Gasteiger partial charge on any atom is -0.493 e. The highest BCUT2D eigenvalue weighted by Gasteiger charge is 2.46. The van der Waals surface area contributed by atoms with Crippen LogP contribution in [0.1, 0.15) is 35.7 Å². The Bertz CT molecular complexity index is 1670.